The van der Waals surface area contributed by atoms with Gasteiger partial charge in [0, 0.05) is 0 Å². The average molecular weight is 274 g/mol. The molecule has 0 saturated heterocycles. The zero-order valence-corrected chi connectivity index (χ0v) is 12.3. The smallest absolute Gasteiger partial charge is 0.196 e. The van der Waals surface area contributed by atoms with Crippen molar-refractivity contribution in [2.24, 2.45) is 0 Å². The van der Waals surface area contributed by atoms with Gasteiger partial charge in [0.2, 0.25) is 0 Å². The number of hydrogen-bond acceptors (Lipinski definition) is 3. The molecule has 1 unspecified atom stereocenters. The maximum Gasteiger partial charge on any atom is 0.196 e. The Morgan fingerprint density at radius 1 is 1.21 bits per heavy atom. The molecule has 0 N–H and O–H groups in total. The molecule has 3 heteroatoms. The summed E-state index contributed by atoms with van der Waals surface area (Å²) in [7, 11) is 1.66. The molecule has 2 aromatic carbocycles. The Balaban J connectivity index is 2.33. The van der Waals surface area contributed by atoms with E-state index in [2.05, 4.69) is 6.07 Å². The first-order chi connectivity index (χ1) is 9.15. The van der Waals surface area contributed by atoms with Gasteiger partial charge in [-0.3, -0.25) is 4.79 Å². The zero-order valence-electron chi connectivity index (χ0n) is 11.5. The SMILES string of the molecule is CCSC(=O)C(C)c1ccc2cc(OC)ccc2c1. The van der Waals surface area contributed by atoms with Gasteiger partial charge in [0.1, 0.15) is 5.75 Å². The Bertz CT molecular complexity index is 592. The molecule has 2 nitrogen and oxygen atoms in total. The van der Waals surface area contributed by atoms with E-state index in [1.165, 1.54) is 11.8 Å². The normalized spacial score (nSPS) is 12.4. The van der Waals surface area contributed by atoms with Crippen molar-refractivity contribution in [1.29, 1.82) is 0 Å². The monoisotopic (exact) mass is 274 g/mol. The van der Waals surface area contributed by atoms with E-state index in [0.717, 1.165) is 27.8 Å². The summed E-state index contributed by atoms with van der Waals surface area (Å²) in [5.74, 6) is 1.62. The Labute approximate surface area is 118 Å². The summed E-state index contributed by atoms with van der Waals surface area (Å²) in [5, 5.41) is 2.50. The van der Waals surface area contributed by atoms with Crippen LogP contribution in [-0.4, -0.2) is 18.0 Å². The van der Waals surface area contributed by atoms with Crippen molar-refractivity contribution < 1.29 is 9.53 Å². The van der Waals surface area contributed by atoms with E-state index < -0.39 is 0 Å². The van der Waals surface area contributed by atoms with Gasteiger partial charge in [-0.1, -0.05) is 49.9 Å². The number of hydrogen-bond donors (Lipinski definition) is 0. The Kier molecular flexibility index (Phi) is 4.48. The Hall–Kier alpha value is -1.48. The van der Waals surface area contributed by atoms with Crippen LogP contribution in [0.5, 0.6) is 5.75 Å². The minimum Gasteiger partial charge on any atom is -0.497 e. The van der Waals surface area contributed by atoms with Gasteiger partial charge in [-0.15, -0.1) is 0 Å². The second-order valence-electron chi connectivity index (χ2n) is 4.45. The van der Waals surface area contributed by atoms with Gasteiger partial charge in [-0.05, 0) is 34.2 Å². The Morgan fingerprint density at radius 2 is 1.89 bits per heavy atom. The maximum absolute atomic E-state index is 11.9. The topological polar surface area (TPSA) is 26.3 Å². The summed E-state index contributed by atoms with van der Waals surface area (Å²) in [4.78, 5) is 11.9. The molecule has 0 bridgehead atoms. The van der Waals surface area contributed by atoms with Crippen molar-refractivity contribution in [3.8, 4) is 5.75 Å². The van der Waals surface area contributed by atoms with Crippen LogP contribution in [-0.2, 0) is 4.79 Å². The third-order valence-corrected chi connectivity index (χ3v) is 4.14. The van der Waals surface area contributed by atoms with Gasteiger partial charge in [0.25, 0.3) is 0 Å². The van der Waals surface area contributed by atoms with Gasteiger partial charge < -0.3 is 4.74 Å². The van der Waals surface area contributed by atoms with Crippen LogP contribution in [0.2, 0.25) is 0 Å². The highest BCUT2D eigenvalue weighted by Gasteiger charge is 2.15. The van der Waals surface area contributed by atoms with Crippen LogP contribution < -0.4 is 4.74 Å². The molecule has 100 valence electrons. The fourth-order valence-corrected chi connectivity index (χ4v) is 2.71. The molecule has 0 saturated carbocycles. The summed E-state index contributed by atoms with van der Waals surface area (Å²) in [6.45, 7) is 3.97. The molecule has 0 aromatic heterocycles. The number of methoxy groups -OCH3 is 1. The average Bonchev–Trinajstić information content (AvgIpc) is 2.45. The number of carbonyl (C=O) groups excluding carboxylic acids is 1. The lowest BCUT2D eigenvalue weighted by Crippen LogP contribution is -2.05. The number of benzene rings is 2. The predicted octanol–water partition coefficient (Wildman–Crippen LogP) is 4.23. The van der Waals surface area contributed by atoms with E-state index in [4.69, 9.17) is 4.74 Å². The predicted molar refractivity (Wildman–Crippen MR) is 82.1 cm³/mol. The van der Waals surface area contributed by atoms with Crippen molar-refractivity contribution in [1.82, 2.24) is 0 Å². The lowest BCUT2D eigenvalue weighted by Gasteiger charge is -2.11. The first kappa shape index (κ1) is 13.9. The van der Waals surface area contributed by atoms with Crippen molar-refractivity contribution in [3.63, 3.8) is 0 Å². The molecular formula is C16H18O2S. The molecule has 0 aliphatic rings. The van der Waals surface area contributed by atoms with Crippen molar-refractivity contribution >= 4 is 27.6 Å². The second-order valence-corrected chi connectivity index (χ2v) is 5.71. The largest absolute Gasteiger partial charge is 0.497 e. The van der Waals surface area contributed by atoms with E-state index in [1.807, 2.05) is 44.2 Å². The summed E-state index contributed by atoms with van der Waals surface area (Å²) >= 11 is 1.39. The molecule has 2 aromatic rings. The molecule has 0 heterocycles. The molecule has 0 radical (unpaired) electrons. The zero-order chi connectivity index (χ0) is 13.8. The number of thioether (sulfide) groups is 1. The molecular weight excluding hydrogens is 256 g/mol. The molecule has 1 atom stereocenters. The summed E-state index contributed by atoms with van der Waals surface area (Å²) in [5.41, 5.74) is 1.07. The van der Waals surface area contributed by atoms with Crippen LogP contribution in [0.4, 0.5) is 0 Å². The van der Waals surface area contributed by atoms with E-state index in [0.29, 0.717) is 0 Å². The van der Waals surface area contributed by atoms with Crippen LogP contribution in [0.3, 0.4) is 0 Å². The highest BCUT2D eigenvalue weighted by Crippen LogP contribution is 2.27. The fraction of sp³-hybridized carbons (Fsp3) is 0.312. The number of carbonyl (C=O) groups is 1. The van der Waals surface area contributed by atoms with Crippen LogP contribution >= 0.6 is 11.8 Å². The van der Waals surface area contributed by atoms with Crippen LogP contribution in [0, 0.1) is 0 Å². The molecule has 2 rings (SSSR count). The van der Waals surface area contributed by atoms with Crippen molar-refractivity contribution in [3.05, 3.63) is 42.0 Å². The van der Waals surface area contributed by atoms with E-state index in [9.17, 15) is 4.79 Å². The first-order valence-corrected chi connectivity index (χ1v) is 7.38. The standard InChI is InChI=1S/C16H18O2S/c1-4-19-16(17)11(2)12-5-6-14-10-15(18-3)8-7-13(14)9-12/h5-11H,4H2,1-3H3. The van der Waals surface area contributed by atoms with E-state index in [-0.39, 0.29) is 11.0 Å². The second kappa shape index (κ2) is 6.11. The summed E-state index contributed by atoms with van der Waals surface area (Å²) in [6, 6.07) is 12.1. The third-order valence-electron chi connectivity index (χ3n) is 3.21. The minimum absolute atomic E-state index is 0.0588. The molecule has 0 amide bonds. The summed E-state index contributed by atoms with van der Waals surface area (Å²) < 4.78 is 5.21. The van der Waals surface area contributed by atoms with Gasteiger partial charge >= 0.3 is 0 Å². The number of ether oxygens (including phenoxy) is 1. The van der Waals surface area contributed by atoms with Crippen LogP contribution in [0.25, 0.3) is 10.8 Å². The third kappa shape index (κ3) is 3.10. The van der Waals surface area contributed by atoms with Crippen LogP contribution in [0.15, 0.2) is 36.4 Å². The van der Waals surface area contributed by atoms with Gasteiger partial charge in [0.05, 0.1) is 13.0 Å². The van der Waals surface area contributed by atoms with E-state index in [1.54, 1.807) is 7.11 Å². The maximum atomic E-state index is 11.9. The molecule has 0 aliphatic carbocycles. The minimum atomic E-state index is -0.0588. The molecule has 0 spiro atoms. The Morgan fingerprint density at radius 3 is 2.58 bits per heavy atom. The quantitative estimate of drug-likeness (QED) is 0.834. The highest BCUT2D eigenvalue weighted by molar-refractivity contribution is 8.13. The lowest BCUT2D eigenvalue weighted by atomic mass is 9.99. The van der Waals surface area contributed by atoms with Crippen molar-refractivity contribution in [2.75, 3.05) is 12.9 Å². The van der Waals surface area contributed by atoms with E-state index >= 15 is 0 Å². The number of fused-ring (bicyclic) bond motifs is 1. The van der Waals surface area contributed by atoms with Crippen molar-refractivity contribution in [2.45, 2.75) is 19.8 Å². The van der Waals surface area contributed by atoms with Gasteiger partial charge in [-0.2, -0.15) is 0 Å². The lowest BCUT2D eigenvalue weighted by molar-refractivity contribution is -0.111. The number of rotatable bonds is 4. The first-order valence-electron chi connectivity index (χ1n) is 6.40. The molecule has 19 heavy (non-hydrogen) atoms. The van der Waals surface area contributed by atoms with Gasteiger partial charge in [-0.25, -0.2) is 0 Å². The fourth-order valence-electron chi connectivity index (χ4n) is 2.04. The molecule has 0 fully saturated rings. The van der Waals surface area contributed by atoms with Gasteiger partial charge in [0.15, 0.2) is 5.12 Å². The van der Waals surface area contributed by atoms with Crippen LogP contribution in [0.1, 0.15) is 25.3 Å². The highest BCUT2D eigenvalue weighted by atomic mass is 32.2. The summed E-state index contributed by atoms with van der Waals surface area (Å²) in [6.07, 6.45) is 0. The molecule has 0 aliphatic heterocycles.